The first-order chi connectivity index (χ1) is 20.1. The molecule has 0 bridgehead atoms. The van der Waals surface area contributed by atoms with Gasteiger partial charge in [-0.15, -0.1) is 0 Å². The van der Waals surface area contributed by atoms with Crippen molar-refractivity contribution in [1.82, 2.24) is 20.4 Å². The Morgan fingerprint density at radius 2 is 1.57 bits per heavy atom. The maximum atomic E-state index is 13.6. The van der Waals surface area contributed by atoms with Crippen molar-refractivity contribution in [2.24, 2.45) is 16.5 Å². The van der Waals surface area contributed by atoms with Gasteiger partial charge in [0.1, 0.15) is 6.04 Å². The molecule has 42 heavy (non-hydrogen) atoms. The highest BCUT2D eigenvalue weighted by Crippen LogP contribution is 2.14. The molecule has 2 aromatic rings. The molecule has 1 saturated heterocycles. The average molecular weight is 598 g/mol. The molecule has 1 fully saturated rings. The monoisotopic (exact) mass is 597 g/mol. The lowest BCUT2D eigenvalue weighted by atomic mass is 10.0. The third-order valence-electron chi connectivity index (χ3n) is 7.08. The predicted molar refractivity (Wildman–Crippen MR) is 165 cm³/mol. The number of aliphatic imine (C=N–C) groups is 1. The maximum absolute atomic E-state index is 13.6. The minimum absolute atomic E-state index is 0.00571. The van der Waals surface area contributed by atoms with E-state index < -0.39 is 21.9 Å². The Morgan fingerprint density at radius 3 is 2.21 bits per heavy atom. The third kappa shape index (κ3) is 11.2. The highest BCUT2D eigenvalue weighted by atomic mass is 32.2. The van der Waals surface area contributed by atoms with Crippen LogP contribution in [0.1, 0.15) is 31.2 Å². The van der Waals surface area contributed by atoms with Gasteiger partial charge in [0.25, 0.3) is 0 Å². The van der Waals surface area contributed by atoms with Gasteiger partial charge in [-0.25, -0.2) is 13.2 Å². The summed E-state index contributed by atoms with van der Waals surface area (Å²) in [5, 5.41) is 7.04. The van der Waals surface area contributed by atoms with E-state index in [0.717, 1.165) is 24.1 Å². The van der Waals surface area contributed by atoms with Gasteiger partial charge in [-0.2, -0.15) is 0 Å². The number of carbonyl (C=O) groups excluding carboxylic acids is 2. The summed E-state index contributed by atoms with van der Waals surface area (Å²) in [6.45, 7) is 3.07. The number of amides is 3. The molecule has 0 radical (unpaired) electrons. The summed E-state index contributed by atoms with van der Waals surface area (Å²) in [6, 6.07) is 16.2. The van der Waals surface area contributed by atoms with E-state index in [0.29, 0.717) is 51.7 Å². The number of hydrogen-bond donors (Lipinski definition) is 4. The Balaban J connectivity index is 1.75. The lowest BCUT2D eigenvalue weighted by Gasteiger charge is -2.33. The first-order valence-corrected chi connectivity index (χ1v) is 15.8. The standard InChI is InChI=1S/C30H43N7O4S/c1-36-19-21-37(22-20-36)30(39)35-27(14-8-9-18-33-29(31)32)28(38)34-25(16-15-24-10-4-2-5-11-24)17-23-42(40,41)26-12-6-3-7-13-26/h2-7,10-13,17,23,25,27H,8-9,14-16,18-22H2,1H3,(H,34,38)(H,35,39)(H4,31,32,33)/b23-17+/t25-,27-/m0/s1. The van der Waals surface area contributed by atoms with Gasteiger partial charge >= 0.3 is 6.03 Å². The molecule has 1 heterocycles. The minimum Gasteiger partial charge on any atom is -0.370 e. The fourth-order valence-electron chi connectivity index (χ4n) is 4.54. The normalized spacial score (nSPS) is 15.6. The second kappa shape index (κ2) is 16.5. The van der Waals surface area contributed by atoms with Gasteiger partial charge in [0.05, 0.1) is 4.90 Å². The summed E-state index contributed by atoms with van der Waals surface area (Å²) in [7, 11) is -1.70. The van der Waals surface area contributed by atoms with E-state index in [2.05, 4.69) is 20.5 Å². The van der Waals surface area contributed by atoms with E-state index in [9.17, 15) is 18.0 Å². The van der Waals surface area contributed by atoms with Crippen molar-refractivity contribution in [3.63, 3.8) is 0 Å². The fraction of sp³-hybridized carbons (Fsp3) is 0.433. The van der Waals surface area contributed by atoms with Crippen LogP contribution in [-0.4, -0.2) is 88.0 Å². The molecular weight excluding hydrogens is 554 g/mol. The summed E-state index contributed by atoms with van der Waals surface area (Å²) < 4.78 is 25.9. The smallest absolute Gasteiger partial charge is 0.318 e. The van der Waals surface area contributed by atoms with Gasteiger partial charge < -0.3 is 31.9 Å². The molecule has 0 aromatic heterocycles. The van der Waals surface area contributed by atoms with Gasteiger partial charge in [0.15, 0.2) is 15.8 Å². The number of piperazine rings is 1. The largest absolute Gasteiger partial charge is 0.370 e. The molecule has 2 aromatic carbocycles. The summed E-state index contributed by atoms with van der Waals surface area (Å²) in [5.41, 5.74) is 11.9. The van der Waals surface area contributed by atoms with E-state index in [4.69, 9.17) is 11.5 Å². The SMILES string of the molecule is CN1CCN(C(=O)N[C@@H](CCCCN=C(N)N)C(=O)N[C@H](/C=C/S(=O)(=O)c2ccccc2)CCc2ccccc2)CC1. The lowest BCUT2D eigenvalue weighted by Crippen LogP contribution is -2.56. The maximum Gasteiger partial charge on any atom is 0.318 e. The number of nitrogens with one attached hydrogen (secondary N) is 2. The molecule has 0 saturated carbocycles. The van der Waals surface area contributed by atoms with Crippen molar-refractivity contribution in [2.45, 2.75) is 49.1 Å². The highest BCUT2D eigenvalue weighted by Gasteiger charge is 2.26. The van der Waals surface area contributed by atoms with Gasteiger partial charge in [-0.3, -0.25) is 9.79 Å². The van der Waals surface area contributed by atoms with E-state index in [1.54, 1.807) is 23.1 Å². The van der Waals surface area contributed by atoms with Crippen molar-refractivity contribution < 1.29 is 18.0 Å². The van der Waals surface area contributed by atoms with Crippen LogP contribution < -0.4 is 22.1 Å². The Labute approximate surface area is 249 Å². The Kier molecular flexibility index (Phi) is 12.8. The molecule has 12 heteroatoms. The van der Waals surface area contributed by atoms with Crippen LogP contribution in [0.5, 0.6) is 0 Å². The summed E-state index contributed by atoms with van der Waals surface area (Å²) >= 11 is 0. The number of nitrogens with two attached hydrogens (primary N) is 2. The minimum atomic E-state index is -3.71. The summed E-state index contributed by atoms with van der Waals surface area (Å²) in [5.74, 6) is -0.370. The zero-order valence-corrected chi connectivity index (χ0v) is 25.0. The summed E-state index contributed by atoms with van der Waals surface area (Å²) in [6.07, 6.45) is 4.23. The van der Waals surface area contributed by atoms with Crippen LogP contribution in [0.25, 0.3) is 0 Å². The van der Waals surface area contributed by atoms with Crippen LogP contribution in [0.3, 0.4) is 0 Å². The first-order valence-electron chi connectivity index (χ1n) is 14.3. The van der Waals surface area contributed by atoms with Crippen molar-refractivity contribution in [2.75, 3.05) is 39.8 Å². The first kappa shape index (κ1) is 32.6. The fourth-order valence-corrected chi connectivity index (χ4v) is 5.63. The van der Waals surface area contributed by atoms with Crippen LogP contribution >= 0.6 is 0 Å². The third-order valence-corrected chi connectivity index (χ3v) is 8.52. The topological polar surface area (TPSA) is 163 Å². The second-order valence-corrected chi connectivity index (χ2v) is 12.3. The number of aryl methyl sites for hydroxylation is 1. The van der Waals surface area contributed by atoms with Gasteiger partial charge in [-0.05, 0) is 56.8 Å². The number of carbonyl (C=O) groups is 2. The van der Waals surface area contributed by atoms with Crippen molar-refractivity contribution in [3.05, 3.63) is 77.7 Å². The molecule has 11 nitrogen and oxygen atoms in total. The number of unbranched alkanes of at least 4 members (excludes halogenated alkanes) is 1. The van der Waals surface area contributed by atoms with Crippen LogP contribution in [-0.2, 0) is 21.1 Å². The van der Waals surface area contributed by atoms with Crippen LogP contribution in [0.4, 0.5) is 4.79 Å². The molecule has 1 aliphatic heterocycles. The molecule has 3 rings (SSSR count). The number of nitrogens with zero attached hydrogens (tertiary/aromatic N) is 3. The van der Waals surface area contributed by atoms with E-state index in [1.165, 1.54) is 18.2 Å². The average Bonchev–Trinajstić information content (AvgIpc) is 2.98. The number of sulfone groups is 1. The van der Waals surface area contributed by atoms with E-state index in [1.807, 2.05) is 37.4 Å². The predicted octanol–water partition coefficient (Wildman–Crippen LogP) is 1.86. The Morgan fingerprint density at radius 1 is 0.929 bits per heavy atom. The zero-order valence-electron chi connectivity index (χ0n) is 24.2. The molecule has 228 valence electrons. The van der Waals surface area contributed by atoms with Crippen molar-refractivity contribution >= 4 is 27.7 Å². The van der Waals surface area contributed by atoms with Crippen LogP contribution in [0, 0.1) is 0 Å². The molecule has 0 spiro atoms. The highest BCUT2D eigenvalue weighted by molar-refractivity contribution is 7.94. The number of hydrogen-bond acceptors (Lipinski definition) is 6. The van der Waals surface area contributed by atoms with Crippen LogP contribution in [0.15, 0.2) is 82.0 Å². The van der Waals surface area contributed by atoms with Crippen LogP contribution in [0.2, 0.25) is 0 Å². The second-order valence-electron chi connectivity index (χ2n) is 10.4. The van der Waals surface area contributed by atoms with Gasteiger partial charge in [0.2, 0.25) is 5.91 Å². The molecule has 1 aliphatic rings. The van der Waals surface area contributed by atoms with Crippen molar-refractivity contribution in [3.8, 4) is 0 Å². The quantitative estimate of drug-likeness (QED) is 0.147. The molecule has 0 aliphatic carbocycles. The zero-order chi connectivity index (χ0) is 30.4. The molecular formula is C30H43N7O4S. The van der Waals surface area contributed by atoms with Crippen molar-refractivity contribution in [1.29, 1.82) is 0 Å². The number of guanidine groups is 1. The number of likely N-dealkylation sites (N-methyl/N-ethyl adjacent to an activating group) is 1. The van der Waals surface area contributed by atoms with E-state index >= 15 is 0 Å². The molecule has 0 unspecified atom stereocenters. The molecule has 2 atom stereocenters. The number of rotatable bonds is 14. The molecule has 6 N–H and O–H groups in total. The Bertz CT molecular complexity index is 1290. The van der Waals surface area contributed by atoms with Gasteiger partial charge in [0, 0.05) is 44.2 Å². The van der Waals surface area contributed by atoms with Gasteiger partial charge in [-0.1, -0.05) is 54.6 Å². The number of benzene rings is 2. The van der Waals surface area contributed by atoms with E-state index in [-0.39, 0.29) is 22.8 Å². The summed E-state index contributed by atoms with van der Waals surface area (Å²) in [4.78, 5) is 34.7. The lowest BCUT2D eigenvalue weighted by molar-refractivity contribution is -0.123. The number of urea groups is 1. The Hall–Kier alpha value is -3.90. The molecule has 3 amide bonds.